The Labute approximate surface area is 95.0 Å². The second kappa shape index (κ2) is 5.51. The Morgan fingerprint density at radius 3 is 2.44 bits per heavy atom. The molecule has 0 spiro atoms. The number of carbonyl (C=O) groups is 1. The average Bonchev–Trinajstić information content (AvgIpc) is 2.19. The summed E-state index contributed by atoms with van der Waals surface area (Å²) in [6, 6.07) is 6.54. The number of phenolic OH excluding ortho intramolecular Hbond substituents is 1. The Kier molecular flexibility index (Phi) is 4.31. The lowest BCUT2D eigenvalue weighted by atomic mass is 10.0. The fourth-order valence-electron chi connectivity index (χ4n) is 1.41. The fraction of sp³-hybridized carbons (Fsp3) is 0.417. The van der Waals surface area contributed by atoms with Crippen molar-refractivity contribution in [2.45, 2.75) is 32.4 Å². The number of hydrogen-bond acceptors (Lipinski definition) is 4. The summed E-state index contributed by atoms with van der Waals surface area (Å²) in [7, 11) is 0. The minimum atomic E-state index is -0.332. The van der Waals surface area contributed by atoms with Gasteiger partial charge in [-0.1, -0.05) is 12.1 Å². The number of nitrogens with two attached hydrogens (primary N) is 1. The molecule has 2 atom stereocenters. The smallest absolute Gasteiger partial charge is 0.302 e. The van der Waals surface area contributed by atoms with E-state index in [0.717, 1.165) is 5.56 Å². The Morgan fingerprint density at radius 1 is 1.44 bits per heavy atom. The molecule has 0 saturated carbocycles. The molecule has 1 aromatic carbocycles. The molecule has 16 heavy (non-hydrogen) atoms. The molecule has 0 heterocycles. The predicted octanol–water partition coefficient (Wildman–Crippen LogP) is 1.21. The third kappa shape index (κ3) is 3.90. The van der Waals surface area contributed by atoms with Crippen LogP contribution in [0.5, 0.6) is 5.75 Å². The lowest BCUT2D eigenvalue weighted by Gasteiger charge is -2.20. The first-order valence-corrected chi connectivity index (χ1v) is 5.19. The van der Waals surface area contributed by atoms with Gasteiger partial charge in [-0.2, -0.15) is 0 Å². The molecule has 0 radical (unpaired) electrons. The monoisotopic (exact) mass is 223 g/mol. The number of ether oxygens (including phenoxy) is 1. The van der Waals surface area contributed by atoms with Gasteiger partial charge in [0.05, 0.1) is 0 Å². The van der Waals surface area contributed by atoms with Crippen LogP contribution in [0.15, 0.2) is 24.3 Å². The first-order chi connectivity index (χ1) is 7.49. The van der Waals surface area contributed by atoms with Crippen LogP contribution in [0, 0.1) is 0 Å². The molecule has 0 amide bonds. The molecular weight excluding hydrogens is 206 g/mol. The van der Waals surface area contributed by atoms with Crippen molar-refractivity contribution < 1.29 is 14.6 Å². The molecule has 0 aliphatic rings. The van der Waals surface area contributed by atoms with Crippen molar-refractivity contribution in [1.82, 2.24) is 0 Å². The summed E-state index contributed by atoms with van der Waals surface area (Å²) in [5.41, 5.74) is 6.71. The van der Waals surface area contributed by atoms with Gasteiger partial charge < -0.3 is 15.6 Å². The van der Waals surface area contributed by atoms with Crippen molar-refractivity contribution in [2.75, 3.05) is 0 Å². The maximum absolute atomic E-state index is 10.9. The Morgan fingerprint density at radius 2 is 2.00 bits per heavy atom. The molecule has 4 nitrogen and oxygen atoms in total. The number of aromatic hydroxyl groups is 1. The lowest BCUT2D eigenvalue weighted by Crippen LogP contribution is -2.36. The van der Waals surface area contributed by atoms with Crippen LogP contribution in [0.4, 0.5) is 0 Å². The number of carbonyl (C=O) groups excluding carboxylic acids is 1. The van der Waals surface area contributed by atoms with Gasteiger partial charge in [-0.3, -0.25) is 4.79 Å². The van der Waals surface area contributed by atoms with Crippen molar-refractivity contribution >= 4 is 5.97 Å². The molecule has 0 aliphatic heterocycles. The molecule has 3 N–H and O–H groups in total. The summed E-state index contributed by atoms with van der Waals surface area (Å²) >= 11 is 0. The number of hydrogen-bond donors (Lipinski definition) is 2. The molecule has 0 aromatic heterocycles. The molecule has 0 saturated heterocycles. The van der Waals surface area contributed by atoms with E-state index < -0.39 is 0 Å². The average molecular weight is 223 g/mol. The molecule has 0 aliphatic carbocycles. The number of rotatable bonds is 4. The van der Waals surface area contributed by atoms with Crippen LogP contribution in [-0.2, 0) is 16.0 Å². The van der Waals surface area contributed by atoms with Crippen LogP contribution in [0.3, 0.4) is 0 Å². The van der Waals surface area contributed by atoms with E-state index in [2.05, 4.69) is 0 Å². The number of esters is 1. The molecule has 88 valence electrons. The van der Waals surface area contributed by atoms with E-state index in [1.54, 1.807) is 31.2 Å². The second-order valence-corrected chi connectivity index (χ2v) is 3.88. The summed E-state index contributed by atoms with van der Waals surface area (Å²) in [6.07, 6.45) is 0.222. The minimum absolute atomic E-state index is 0.216. The van der Waals surface area contributed by atoms with E-state index in [9.17, 15) is 4.79 Å². The maximum Gasteiger partial charge on any atom is 0.302 e. The Hall–Kier alpha value is -1.55. The summed E-state index contributed by atoms with van der Waals surface area (Å²) in [5.74, 6) is -0.116. The van der Waals surface area contributed by atoms with Crippen LogP contribution in [0.2, 0.25) is 0 Å². The lowest BCUT2D eigenvalue weighted by molar-refractivity contribution is -0.147. The zero-order chi connectivity index (χ0) is 12.1. The molecule has 2 unspecified atom stereocenters. The summed E-state index contributed by atoms with van der Waals surface area (Å²) in [6.45, 7) is 3.17. The highest BCUT2D eigenvalue weighted by molar-refractivity contribution is 5.66. The van der Waals surface area contributed by atoms with E-state index in [1.807, 2.05) is 0 Å². The van der Waals surface area contributed by atoms with Crippen LogP contribution < -0.4 is 5.73 Å². The Balaban J connectivity index is 2.67. The first kappa shape index (κ1) is 12.5. The quantitative estimate of drug-likeness (QED) is 0.753. The van der Waals surface area contributed by atoms with E-state index in [1.165, 1.54) is 6.92 Å². The van der Waals surface area contributed by atoms with Crippen LogP contribution >= 0.6 is 0 Å². The van der Waals surface area contributed by atoms with Gasteiger partial charge in [-0.05, 0) is 24.6 Å². The third-order valence-corrected chi connectivity index (χ3v) is 2.28. The standard InChI is InChI=1S/C12H17NO3/c1-8(13)12(16-9(2)14)7-10-3-5-11(15)6-4-10/h3-6,8,12,15H,7,13H2,1-2H3. The van der Waals surface area contributed by atoms with Gasteiger partial charge in [0.2, 0.25) is 0 Å². The van der Waals surface area contributed by atoms with Gasteiger partial charge in [0.25, 0.3) is 0 Å². The predicted molar refractivity (Wildman–Crippen MR) is 61.0 cm³/mol. The van der Waals surface area contributed by atoms with Gasteiger partial charge >= 0.3 is 5.97 Å². The van der Waals surface area contributed by atoms with Crippen LogP contribution in [0.25, 0.3) is 0 Å². The zero-order valence-electron chi connectivity index (χ0n) is 9.51. The zero-order valence-corrected chi connectivity index (χ0v) is 9.51. The molecule has 0 bridgehead atoms. The minimum Gasteiger partial charge on any atom is -0.508 e. The molecule has 1 rings (SSSR count). The van der Waals surface area contributed by atoms with Crippen molar-refractivity contribution in [2.24, 2.45) is 5.73 Å². The fourth-order valence-corrected chi connectivity index (χ4v) is 1.41. The molecular formula is C12H17NO3. The first-order valence-electron chi connectivity index (χ1n) is 5.19. The SMILES string of the molecule is CC(=O)OC(Cc1ccc(O)cc1)C(C)N. The molecule has 1 aromatic rings. The molecule has 4 heteroatoms. The van der Waals surface area contributed by atoms with E-state index in [4.69, 9.17) is 15.6 Å². The largest absolute Gasteiger partial charge is 0.508 e. The Bertz CT molecular complexity index is 346. The van der Waals surface area contributed by atoms with E-state index in [-0.39, 0.29) is 23.9 Å². The van der Waals surface area contributed by atoms with E-state index in [0.29, 0.717) is 6.42 Å². The van der Waals surface area contributed by atoms with Crippen molar-refractivity contribution in [3.8, 4) is 5.75 Å². The van der Waals surface area contributed by atoms with Gasteiger partial charge in [0, 0.05) is 19.4 Å². The van der Waals surface area contributed by atoms with E-state index >= 15 is 0 Å². The number of benzene rings is 1. The normalized spacial score (nSPS) is 14.2. The summed E-state index contributed by atoms with van der Waals surface area (Å²) in [4.78, 5) is 10.9. The highest BCUT2D eigenvalue weighted by atomic mass is 16.5. The van der Waals surface area contributed by atoms with Crippen molar-refractivity contribution in [3.63, 3.8) is 0 Å². The highest BCUT2D eigenvalue weighted by Crippen LogP contribution is 2.13. The van der Waals surface area contributed by atoms with Crippen LogP contribution in [-0.4, -0.2) is 23.2 Å². The van der Waals surface area contributed by atoms with Gasteiger partial charge in [-0.15, -0.1) is 0 Å². The third-order valence-electron chi connectivity index (χ3n) is 2.28. The number of phenols is 1. The molecule has 0 fully saturated rings. The topological polar surface area (TPSA) is 72.5 Å². The second-order valence-electron chi connectivity index (χ2n) is 3.88. The summed E-state index contributed by atoms with van der Waals surface area (Å²) < 4.78 is 5.12. The van der Waals surface area contributed by atoms with Crippen molar-refractivity contribution in [1.29, 1.82) is 0 Å². The van der Waals surface area contributed by atoms with Gasteiger partial charge in [0.1, 0.15) is 11.9 Å². The van der Waals surface area contributed by atoms with Gasteiger partial charge in [0.15, 0.2) is 0 Å². The van der Waals surface area contributed by atoms with Crippen LogP contribution in [0.1, 0.15) is 19.4 Å². The summed E-state index contributed by atoms with van der Waals surface area (Å²) in [5, 5.41) is 9.14. The maximum atomic E-state index is 10.9. The highest BCUT2D eigenvalue weighted by Gasteiger charge is 2.17. The van der Waals surface area contributed by atoms with Crippen molar-refractivity contribution in [3.05, 3.63) is 29.8 Å². The van der Waals surface area contributed by atoms with Gasteiger partial charge in [-0.25, -0.2) is 0 Å².